The Hall–Kier alpha value is -0.970. The summed E-state index contributed by atoms with van der Waals surface area (Å²) in [5, 5.41) is 10.2. The van der Waals surface area contributed by atoms with Gasteiger partial charge in [0.25, 0.3) is 5.91 Å². The van der Waals surface area contributed by atoms with Crippen LogP contribution in [0, 0.1) is 5.92 Å². The second kappa shape index (κ2) is 6.20. The molecule has 1 heterocycles. The predicted octanol–water partition coefficient (Wildman–Crippen LogP) is 2.81. The molecule has 0 aromatic heterocycles. The molecule has 0 radical (unpaired) electrons. The molecule has 3 N–H and O–H groups in total. The molecule has 1 aromatic carbocycles. The summed E-state index contributed by atoms with van der Waals surface area (Å²) >= 11 is 11.9. The summed E-state index contributed by atoms with van der Waals surface area (Å²) in [4.78, 5) is 14.2. The number of aliphatic hydroxyl groups excluding tert-OH is 1. The van der Waals surface area contributed by atoms with Crippen molar-refractivity contribution in [3.63, 3.8) is 0 Å². The zero-order valence-corrected chi connectivity index (χ0v) is 12.8. The van der Waals surface area contributed by atoms with Gasteiger partial charge in [-0.25, -0.2) is 0 Å². The number of halogens is 2. The van der Waals surface area contributed by atoms with Crippen LogP contribution in [0.2, 0.25) is 10.0 Å². The first-order valence-electron chi connectivity index (χ1n) is 6.62. The lowest BCUT2D eigenvalue weighted by Crippen LogP contribution is -2.40. The molecule has 0 saturated carbocycles. The first-order valence-corrected chi connectivity index (χ1v) is 7.37. The van der Waals surface area contributed by atoms with Gasteiger partial charge in [0, 0.05) is 18.7 Å². The van der Waals surface area contributed by atoms with Crippen molar-refractivity contribution in [3.05, 3.63) is 27.7 Å². The lowest BCUT2D eigenvalue weighted by atomic mass is 9.92. The molecular weight excluding hydrogens is 299 g/mol. The van der Waals surface area contributed by atoms with Gasteiger partial charge in [-0.05, 0) is 37.8 Å². The van der Waals surface area contributed by atoms with Crippen molar-refractivity contribution in [2.75, 3.05) is 18.8 Å². The Morgan fingerprint density at radius 2 is 1.85 bits per heavy atom. The maximum absolute atomic E-state index is 12.4. The van der Waals surface area contributed by atoms with E-state index in [9.17, 15) is 9.90 Å². The Bertz CT molecular complexity index is 489. The van der Waals surface area contributed by atoms with Gasteiger partial charge in [-0.3, -0.25) is 4.79 Å². The number of aliphatic hydroxyl groups is 1. The molecule has 1 fully saturated rings. The number of likely N-dealkylation sites (tertiary alicyclic amines) is 1. The van der Waals surface area contributed by atoms with E-state index in [4.69, 9.17) is 28.9 Å². The number of nitrogens with zero attached hydrogens (tertiary/aromatic N) is 1. The number of piperidine rings is 1. The average Bonchev–Trinajstić information content (AvgIpc) is 2.43. The smallest absolute Gasteiger partial charge is 0.253 e. The van der Waals surface area contributed by atoms with E-state index in [0.717, 1.165) is 12.8 Å². The quantitative estimate of drug-likeness (QED) is 0.824. The maximum atomic E-state index is 12.4. The zero-order valence-electron chi connectivity index (χ0n) is 11.3. The fourth-order valence-electron chi connectivity index (χ4n) is 2.48. The molecule has 1 unspecified atom stereocenters. The fraction of sp³-hybridized carbons (Fsp3) is 0.500. The zero-order chi connectivity index (χ0) is 14.9. The molecule has 2 rings (SSSR count). The van der Waals surface area contributed by atoms with Gasteiger partial charge < -0.3 is 15.7 Å². The fourth-order valence-corrected chi connectivity index (χ4v) is 2.96. The number of rotatable bonds is 2. The number of nitrogen functional groups attached to an aromatic ring is 1. The van der Waals surface area contributed by atoms with Crippen LogP contribution >= 0.6 is 23.2 Å². The summed E-state index contributed by atoms with van der Waals surface area (Å²) in [6.07, 6.45) is 1.28. The SMILES string of the molecule is CC(O)C1CCN(C(=O)c2cc(Cl)c(N)c(Cl)c2)CC1. The van der Waals surface area contributed by atoms with Crippen molar-refractivity contribution in [1.29, 1.82) is 0 Å². The van der Waals surface area contributed by atoms with E-state index in [2.05, 4.69) is 0 Å². The number of hydrogen-bond acceptors (Lipinski definition) is 3. The monoisotopic (exact) mass is 316 g/mol. The topological polar surface area (TPSA) is 66.6 Å². The van der Waals surface area contributed by atoms with Gasteiger partial charge in [-0.1, -0.05) is 23.2 Å². The Balaban J connectivity index is 2.09. The van der Waals surface area contributed by atoms with Crippen LogP contribution in [-0.2, 0) is 0 Å². The number of amides is 1. The van der Waals surface area contributed by atoms with Crippen LogP contribution in [-0.4, -0.2) is 35.1 Å². The average molecular weight is 317 g/mol. The summed E-state index contributed by atoms with van der Waals surface area (Å²) in [7, 11) is 0. The van der Waals surface area contributed by atoms with Gasteiger partial charge in [-0.15, -0.1) is 0 Å². The minimum atomic E-state index is -0.326. The molecule has 0 aliphatic carbocycles. The van der Waals surface area contributed by atoms with Gasteiger partial charge >= 0.3 is 0 Å². The highest BCUT2D eigenvalue weighted by atomic mass is 35.5. The first-order chi connectivity index (χ1) is 9.40. The molecule has 0 bridgehead atoms. The molecule has 20 heavy (non-hydrogen) atoms. The third-order valence-corrected chi connectivity index (χ3v) is 4.46. The Morgan fingerprint density at radius 3 is 2.30 bits per heavy atom. The van der Waals surface area contributed by atoms with E-state index in [-0.39, 0.29) is 23.6 Å². The van der Waals surface area contributed by atoms with Crippen molar-refractivity contribution in [2.45, 2.75) is 25.9 Å². The molecule has 4 nitrogen and oxygen atoms in total. The number of anilines is 1. The Morgan fingerprint density at radius 1 is 1.35 bits per heavy atom. The van der Waals surface area contributed by atoms with Gasteiger partial charge in [0.15, 0.2) is 0 Å². The molecular formula is C14H18Cl2N2O2. The van der Waals surface area contributed by atoms with Crippen molar-refractivity contribution in [2.24, 2.45) is 5.92 Å². The van der Waals surface area contributed by atoms with Crippen molar-refractivity contribution >= 4 is 34.8 Å². The van der Waals surface area contributed by atoms with Crippen LogP contribution in [0.3, 0.4) is 0 Å². The summed E-state index contributed by atoms with van der Waals surface area (Å²) in [6, 6.07) is 3.09. The molecule has 1 aliphatic heterocycles. The number of benzene rings is 1. The van der Waals surface area contributed by atoms with Crippen LogP contribution in [0.25, 0.3) is 0 Å². The predicted molar refractivity (Wildman–Crippen MR) is 81.2 cm³/mol. The van der Waals surface area contributed by atoms with Crippen molar-refractivity contribution in [3.8, 4) is 0 Å². The summed E-state index contributed by atoms with van der Waals surface area (Å²) in [6.45, 7) is 3.06. The molecule has 6 heteroatoms. The molecule has 0 spiro atoms. The van der Waals surface area contributed by atoms with E-state index < -0.39 is 0 Å². The van der Waals surface area contributed by atoms with E-state index >= 15 is 0 Å². The van der Waals surface area contributed by atoms with Crippen molar-refractivity contribution < 1.29 is 9.90 Å². The van der Waals surface area contributed by atoms with Gasteiger partial charge in [0.2, 0.25) is 0 Å². The molecule has 1 amide bonds. The van der Waals surface area contributed by atoms with E-state index in [1.165, 1.54) is 0 Å². The minimum Gasteiger partial charge on any atom is -0.396 e. The number of carbonyl (C=O) groups excluding carboxylic acids is 1. The number of nitrogens with two attached hydrogens (primary N) is 1. The summed E-state index contributed by atoms with van der Waals surface area (Å²) < 4.78 is 0. The largest absolute Gasteiger partial charge is 0.396 e. The van der Waals surface area contributed by atoms with Crippen LogP contribution in [0.4, 0.5) is 5.69 Å². The molecule has 1 aromatic rings. The highest BCUT2D eigenvalue weighted by Gasteiger charge is 2.26. The second-order valence-electron chi connectivity index (χ2n) is 5.22. The van der Waals surface area contributed by atoms with Crippen LogP contribution < -0.4 is 5.73 Å². The third-order valence-electron chi connectivity index (χ3n) is 3.84. The van der Waals surface area contributed by atoms with E-state index in [0.29, 0.717) is 28.7 Å². The van der Waals surface area contributed by atoms with Crippen LogP contribution in [0.1, 0.15) is 30.1 Å². The maximum Gasteiger partial charge on any atom is 0.253 e. The van der Waals surface area contributed by atoms with Gasteiger partial charge in [0.05, 0.1) is 21.8 Å². The standard InChI is InChI=1S/C14H18Cl2N2O2/c1-8(19)9-2-4-18(5-3-9)14(20)10-6-11(15)13(17)12(16)7-10/h6-9,19H,2-5,17H2,1H3. The Kier molecular flexibility index (Phi) is 4.78. The van der Waals surface area contributed by atoms with Crippen LogP contribution in [0.15, 0.2) is 12.1 Å². The minimum absolute atomic E-state index is 0.0992. The highest BCUT2D eigenvalue weighted by Crippen LogP contribution is 2.30. The van der Waals surface area contributed by atoms with E-state index in [1.807, 2.05) is 0 Å². The van der Waals surface area contributed by atoms with E-state index in [1.54, 1.807) is 24.0 Å². The first kappa shape index (κ1) is 15.4. The third kappa shape index (κ3) is 3.19. The van der Waals surface area contributed by atoms with Gasteiger partial charge in [-0.2, -0.15) is 0 Å². The van der Waals surface area contributed by atoms with Crippen molar-refractivity contribution in [1.82, 2.24) is 4.90 Å². The second-order valence-corrected chi connectivity index (χ2v) is 6.04. The lowest BCUT2D eigenvalue weighted by molar-refractivity contribution is 0.0521. The summed E-state index contributed by atoms with van der Waals surface area (Å²) in [5.41, 5.74) is 6.40. The molecule has 110 valence electrons. The molecule has 1 atom stereocenters. The highest BCUT2D eigenvalue weighted by molar-refractivity contribution is 6.39. The normalized spacial score (nSPS) is 18.1. The summed E-state index contributed by atoms with van der Waals surface area (Å²) in [5.74, 6) is 0.162. The number of hydrogen-bond donors (Lipinski definition) is 2. The van der Waals surface area contributed by atoms with Crippen LogP contribution in [0.5, 0.6) is 0 Å². The number of carbonyl (C=O) groups is 1. The Labute approximate surface area is 128 Å². The van der Waals surface area contributed by atoms with Gasteiger partial charge in [0.1, 0.15) is 0 Å². The lowest BCUT2D eigenvalue weighted by Gasteiger charge is -2.33. The molecule has 1 saturated heterocycles. The molecule has 1 aliphatic rings.